The molecule has 0 radical (unpaired) electrons. The zero-order valence-electron chi connectivity index (χ0n) is 10.6. The van der Waals surface area contributed by atoms with Crippen molar-refractivity contribution in [2.24, 2.45) is 0 Å². The summed E-state index contributed by atoms with van der Waals surface area (Å²) in [7, 11) is 2.05. The van der Waals surface area contributed by atoms with Crippen LogP contribution in [0.25, 0.3) is 0 Å². The smallest absolute Gasteiger partial charge is 0.0428 e. The van der Waals surface area contributed by atoms with Crippen LogP contribution in [0.5, 0.6) is 0 Å². The van der Waals surface area contributed by atoms with Gasteiger partial charge in [0.15, 0.2) is 0 Å². The van der Waals surface area contributed by atoms with Crippen molar-refractivity contribution >= 4 is 17.1 Å². The van der Waals surface area contributed by atoms with E-state index in [4.69, 9.17) is 5.73 Å². The highest BCUT2D eigenvalue weighted by Crippen LogP contribution is 2.26. The second-order valence-corrected chi connectivity index (χ2v) is 4.42. The van der Waals surface area contributed by atoms with E-state index in [1.54, 1.807) is 0 Å². The van der Waals surface area contributed by atoms with Gasteiger partial charge in [0.25, 0.3) is 0 Å². The molecule has 0 bridgehead atoms. The van der Waals surface area contributed by atoms with E-state index in [0.29, 0.717) is 0 Å². The molecule has 0 saturated heterocycles. The summed E-state index contributed by atoms with van der Waals surface area (Å²) in [5.74, 6) is 0. The molecule has 2 heteroatoms. The van der Waals surface area contributed by atoms with Crippen molar-refractivity contribution in [3.63, 3.8) is 0 Å². The largest absolute Gasteiger partial charge is 0.399 e. The summed E-state index contributed by atoms with van der Waals surface area (Å²) < 4.78 is 0. The number of hydrogen-bond donors (Lipinski definition) is 1. The number of nitrogen functional groups attached to an aromatic ring is 1. The monoisotopic (exact) mass is 226 g/mol. The first-order valence-corrected chi connectivity index (χ1v) is 5.74. The minimum absolute atomic E-state index is 0.790. The Morgan fingerprint density at radius 1 is 0.882 bits per heavy atom. The van der Waals surface area contributed by atoms with Crippen LogP contribution in [-0.2, 0) is 0 Å². The molecule has 17 heavy (non-hydrogen) atoms. The standard InChI is InChI=1S/C15H18N2/c1-11-7-8-15(9-12(11)2)17(3)14-6-4-5-13(16)10-14/h4-10H,16H2,1-3H3. The Labute approximate surface area is 103 Å². The molecule has 0 heterocycles. The maximum absolute atomic E-state index is 5.80. The normalized spacial score (nSPS) is 10.3. The predicted molar refractivity (Wildman–Crippen MR) is 74.8 cm³/mol. The lowest BCUT2D eigenvalue weighted by Gasteiger charge is -2.20. The van der Waals surface area contributed by atoms with Gasteiger partial charge in [0.05, 0.1) is 0 Å². The van der Waals surface area contributed by atoms with Gasteiger partial charge in [0.2, 0.25) is 0 Å². The number of rotatable bonds is 2. The Bertz CT molecular complexity index is 532. The van der Waals surface area contributed by atoms with Gasteiger partial charge in [-0.05, 0) is 55.3 Å². The zero-order valence-corrected chi connectivity index (χ0v) is 10.6. The minimum Gasteiger partial charge on any atom is -0.399 e. The third-order valence-corrected chi connectivity index (χ3v) is 3.14. The van der Waals surface area contributed by atoms with Gasteiger partial charge in [-0.15, -0.1) is 0 Å². The molecule has 0 fully saturated rings. The molecule has 88 valence electrons. The summed E-state index contributed by atoms with van der Waals surface area (Å²) in [6.45, 7) is 4.26. The molecule has 2 rings (SSSR count). The van der Waals surface area contributed by atoms with Gasteiger partial charge in [0, 0.05) is 24.1 Å². The fourth-order valence-corrected chi connectivity index (χ4v) is 1.82. The van der Waals surface area contributed by atoms with Gasteiger partial charge in [-0.3, -0.25) is 0 Å². The first-order chi connectivity index (χ1) is 8.08. The lowest BCUT2D eigenvalue weighted by atomic mass is 10.1. The van der Waals surface area contributed by atoms with E-state index in [9.17, 15) is 0 Å². The Kier molecular flexibility index (Phi) is 3.05. The van der Waals surface area contributed by atoms with Crippen molar-refractivity contribution in [1.29, 1.82) is 0 Å². The van der Waals surface area contributed by atoms with Gasteiger partial charge < -0.3 is 10.6 Å². The van der Waals surface area contributed by atoms with E-state index in [1.807, 2.05) is 18.2 Å². The average molecular weight is 226 g/mol. The summed E-state index contributed by atoms with van der Waals surface area (Å²) in [5.41, 5.74) is 11.5. The van der Waals surface area contributed by atoms with E-state index in [-0.39, 0.29) is 0 Å². The summed E-state index contributed by atoms with van der Waals surface area (Å²) in [6.07, 6.45) is 0. The van der Waals surface area contributed by atoms with Crippen molar-refractivity contribution in [1.82, 2.24) is 0 Å². The molecule has 0 amide bonds. The Morgan fingerprint density at radius 3 is 2.24 bits per heavy atom. The average Bonchev–Trinajstić information content (AvgIpc) is 2.32. The van der Waals surface area contributed by atoms with E-state index in [2.05, 4.69) is 50.1 Å². The molecular formula is C15H18N2. The van der Waals surface area contributed by atoms with Crippen LogP contribution >= 0.6 is 0 Å². The van der Waals surface area contributed by atoms with Gasteiger partial charge in [0.1, 0.15) is 0 Å². The van der Waals surface area contributed by atoms with E-state index in [0.717, 1.165) is 11.4 Å². The van der Waals surface area contributed by atoms with Gasteiger partial charge in [-0.2, -0.15) is 0 Å². The summed E-state index contributed by atoms with van der Waals surface area (Å²) in [5, 5.41) is 0. The molecule has 2 aromatic rings. The molecule has 0 aromatic heterocycles. The summed E-state index contributed by atoms with van der Waals surface area (Å²) >= 11 is 0. The van der Waals surface area contributed by atoms with E-state index < -0.39 is 0 Å². The van der Waals surface area contributed by atoms with Crippen molar-refractivity contribution in [3.05, 3.63) is 53.6 Å². The number of aryl methyl sites for hydroxylation is 2. The van der Waals surface area contributed by atoms with Crippen LogP contribution in [0.4, 0.5) is 17.1 Å². The quantitative estimate of drug-likeness (QED) is 0.792. The Balaban J connectivity index is 2.36. The number of anilines is 3. The predicted octanol–water partition coefficient (Wildman–Crippen LogP) is 3.65. The van der Waals surface area contributed by atoms with Crippen LogP contribution in [0.1, 0.15) is 11.1 Å². The molecule has 0 aliphatic heterocycles. The second-order valence-electron chi connectivity index (χ2n) is 4.42. The van der Waals surface area contributed by atoms with Crippen LogP contribution in [0.15, 0.2) is 42.5 Å². The molecule has 0 spiro atoms. The second kappa shape index (κ2) is 4.50. The Hall–Kier alpha value is -1.96. The first kappa shape index (κ1) is 11.5. The molecule has 0 aliphatic carbocycles. The summed E-state index contributed by atoms with van der Waals surface area (Å²) in [6, 6.07) is 14.4. The first-order valence-electron chi connectivity index (χ1n) is 5.74. The zero-order chi connectivity index (χ0) is 12.4. The number of nitrogens with zero attached hydrogens (tertiary/aromatic N) is 1. The van der Waals surface area contributed by atoms with Gasteiger partial charge in [-0.1, -0.05) is 12.1 Å². The van der Waals surface area contributed by atoms with Crippen molar-refractivity contribution < 1.29 is 0 Å². The van der Waals surface area contributed by atoms with Crippen molar-refractivity contribution in [2.75, 3.05) is 17.7 Å². The van der Waals surface area contributed by atoms with Crippen molar-refractivity contribution in [2.45, 2.75) is 13.8 Å². The number of hydrogen-bond acceptors (Lipinski definition) is 2. The minimum atomic E-state index is 0.790. The highest BCUT2D eigenvalue weighted by molar-refractivity contribution is 5.66. The lowest BCUT2D eigenvalue weighted by Crippen LogP contribution is -2.09. The molecule has 2 N–H and O–H groups in total. The van der Waals surface area contributed by atoms with Gasteiger partial charge in [-0.25, -0.2) is 0 Å². The third-order valence-electron chi connectivity index (χ3n) is 3.14. The molecule has 0 atom stereocenters. The van der Waals surface area contributed by atoms with E-state index in [1.165, 1.54) is 16.8 Å². The highest BCUT2D eigenvalue weighted by Gasteiger charge is 2.05. The van der Waals surface area contributed by atoms with Crippen LogP contribution < -0.4 is 10.6 Å². The maximum atomic E-state index is 5.80. The SMILES string of the molecule is Cc1ccc(N(C)c2cccc(N)c2)cc1C. The lowest BCUT2D eigenvalue weighted by molar-refractivity contribution is 1.19. The number of nitrogens with two attached hydrogens (primary N) is 1. The van der Waals surface area contributed by atoms with Gasteiger partial charge >= 0.3 is 0 Å². The summed E-state index contributed by atoms with van der Waals surface area (Å²) in [4.78, 5) is 2.14. The van der Waals surface area contributed by atoms with Crippen LogP contribution in [-0.4, -0.2) is 7.05 Å². The molecular weight excluding hydrogens is 208 g/mol. The fraction of sp³-hybridized carbons (Fsp3) is 0.200. The van der Waals surface area contributed by atoms with E-state index >= 15 is 0 Å². The topological polar surface area (TPSA) is 29.3 Å². The fourth-order valence-electron chi connectivity index (χ4n) is 1.82. The molecule has 2 nitrogen and oxygen atoms in total. The molecule has 2 aromatic carbocycles. The third kappa shape index (κ3) is 2.41. The molecule has 0 unspecified atom stereocenters. The Morgan fingerprint density at radius 2 is 1.59 bits per heavy atom. The maximum Gasteiger partial charge on any atom is 0.0428 e. The highest BCUT2D eigenvalue weighted by atomic mass is 15.1. The van der Waals surface area contributed by atoms with Crippen LogP contribution in [0.2, 0.25) is 0 Å². The van der Waals surface area contributed by atoms with Crippen molar-refractivity contribution in [3.8, 4) is 0 Å². The molecule has 0 saturated carbocycles. The van der Waals surface area contributed by atoms with Crippen LogP contribution in [0.3, 0.4) is 0 Å². The van der Waals surface area contributed by atoms with Crippen LogP contribution in [0, 0.1) is 13.8 Å². The molecule has 0 aliphatic rings. The number of benzene rings is 2.